The molecular weight excluding hydrogens is 404 g/mol. The molecule has 0 aliphatic heterocycles. The number of ether oxygens (including phenoxy) is 1. The Bertz CT molecular complexity index is 1010. The minimum Gasteiger partial charge on any atom is -0.435 e. The molecule has 1 amide bonds. The van der Waals surface area contributed by atoms with Crippen LogP contribution in [0.25, 0.3) is 5.69 Å². The van der Waals surface area contributed by atoms with Gasteiger partial charge in [-0.05, 0) is 29.8 Å². The fourth-order valence-electron chi connectivity index (χ4n) is 3.08. The maximum absolute atomic E-state index is 12.9. The van der Waals surface area contributed by atoms with Crippen LogP contribution in [0.1, 0.15) is 48.5 Å². The van der Waals surface area contributed by atoms with Gasteiger partial charge in [0.15, 0.2) is 0 Å². The number of para-hydroxylation sites is 1. The van der Waals surface area contributed by atoms with Gasteiger partial charge in [-0.2, -0.15) is 13.9 Å². The Kier molecular flexibility index (Phi) is 6.70. The molecule has 6 nitrogen and oxygen atoms in total. The predicted octanol–water partition coefficient (Wildman–Crippen LogP) is 4.23. The van der Waals surface area contributed by atoms with Crippen LogP contribution < -0.4 is 10.1 Å². The first-order valence-electron chi connectivity index (χ1n) is 9.82. The van der Waals surface area contributed by atoms with E-state index >= 15 is 0 Å². The molecule has 8 heteroatoms. The maximum Gasteiger partial charge on any atom is 0.387 e. The molecule has 1 heterocycles. The Hall–Kier alpha value is -3.26. The third-order valence-corrected chi connectivity index (χ3v) is 4.64. The number of rotatable bonds is 7. The molecule has 164 valence electrons. The van der Waals surface area contributed by atoms with Crippen LogP contribution in [0.2, 0.25) is 0 Å². The van der Waals surface area contributed by atoms with Gasteiger partial charge in [-0.3, -0.25) is 4.79 Å². The van der Waals surface area contributed by atoms with Crippen LogP contribution >= 0.6 is 0 Å². The van der Waals surface area contributed by atoms with Gasteiger partial charge in [0, 0.05) is 18.2 Å². The molecular formula is C23H25F2N3O3. The third kappa shape index (κ3) is 5.67. The summed E-state index contributed by atoms with van der Waals surface area (Å²) < 4.78 is 30.5. The highest BCUT2D eigenvalue weighted by atomic mass is 19.3. The van der Waals surface area contributed by atoms with Gasteiger partial charge < -0.3 is 15.2 Å². The van der Waals surface area contributed by atoms with Crippen LogP contribution in [-0.2, 0) is 5.41 Å². The minimum atomic E-state index is -2.91. The molecule has 1 unspecified atom stereocenters. The monoisotopic (exact) mass is 429 g/mol. The van der Waals surface area contributed by atoms with E-state index in [1.807, 2.05) is 51.1 Å². The highest BCUT2D eigenvalue weighted by Crippen LogP contribution is 2.26. The van der Waals surface area contributed by atoms with Crippen molar-refractivity contribution in [1.82, 2.24) is 15.1 Å². The number of alkyl halides is 2. The average Bonchev–Trinajstić information content (AvgIpc) is 3.19. The normalized spacial score (nSPS) is 12.6. The van der Waals surface area contributed by atoms with Crippen molar-refractivity contribution < 1.29 is 23.4 Å². The highest BCUT2D eigenvalue weighted by molar-refractivity contribution is 5.95. The number of hydrogen-bond acceptors (Lipinski definition) is 4. The number of aliphatic hydroxyl groups is 1. The summed E-state index contributed by atoms with van der Waals surface area (Å²) in [6, 6.07) is 15.1. The molecule has 2 N–H and O–H groups in total. The Morgan fingerprint density at radius 3 is 2.35 bits per heavy atom. The number of nitrogens with zero attached hydrogens (tertiary/aromatic N) is 2. The lowest BCUT2D eigenvalue weighted by molar-refractivity contribution is -0.0498. The predicted molar refractivity (Wildman–Crippen MR) is 113 cm³/mol. The second-order valence-corrected chi connectivity index (χ2v) is 8.09. The Labute approximate surface area is 179 Å². The molecule has 3 aromatic rings. The molecule has 0 spiro atoms. The Morgan fingerprint density at radius 1 is 1.13 bits per heavy atom. The van der Waals surface area contributed by atoms with E-state index in [1.165, 1.54) is 24.3 Å². The molecule has 0 fully saturated rings. The van der Waals surface area contributed by atoms with E-state index < -0.39 is 12.7 Å². The zero-order valence-electron chi connectivity index (χ0n) is 17.5. The number of nitrogens with one attached hydrogen (secondary N) is 1. The Balaban J connectivity index is 1.73. The average molecular weight is 429 g/mol. The number of carbonyl (C=O) groups is 1. The molecule has 1 atom stereocenters. The molecule has 0 aliphatic carbocycles. The Morgan fingerprint density at radius 2 is 1.77 bits per heavy atom. The van der Waals surface area contributed by atoms with Crippen molar-refractivity contribution in [3.8, 4) is 11.4 Å². The number of aliphatic hydroxyl groups excluding tert-OH is 1. The van der Waals surface area contributed by atoms with Crippen molar-refractivity contribution in [3.63, 3.8) is 0 Å². The number of aromatic nitrogens is 2. The van der Waals surface area contributed by atoms with Gasteiger partial charge in [0.05, 0.1) is 23.0 Å². The van der Waals surface area contributed by atoms with Gasteiger partial charge in [0.1, 0.15) is 5.75 Å². The van der Waals surface area contributed by atoms with Crippen molar-refractivity contribution in [3.05, 3.63) is 77.6 Å². The van der Waals surface area contributed by atoms with Gasteiger partial charge in [0.25, 0.3) is 5.91 Å². The summed E-state index contributed by atoms with van der Waals surface area (Å²) in [5, 5.41) is 17.7. The molecule has 0 saturated carbocycles. The smallest absolute Gasteiger partial charge is 0.387 e. The van der Waals surface area contributed by atoms with Crippen LogP contribution in [0, 0.1) is 0 Å². The van der Waals surface area contributed by atoms with E-state index in [9.17, 15) is 18.7 Å². The van der Waals surface area contributed by atoms with E-state index in [0.29, 0.717) is 16.8 Å². The summed E-state index contributed by atoms with van der Waals surface area (Å²) >= 11 is 0. The lowest BCUT2D eigenvalue weighted by Gasteiger charge is -2.18. The summed E-state index contributed by atoms with van der Waals surface area (Å²) in [6.07, 6.45) is 0.667. The molecule has 1 aromatic heterocycles. The largest absolute Gasteiger partial charge is 0.435 e. The number of hydrogen-bond donors (Lipinski definition) is 2. The number of benzene rings is 2. The standard InChI is InChI=1S/C23H25F2N3O3/c1-23(2,3)20-18(14-28(27-20)16-7-5-4-6-8-16)21(30)26-13-19(29)15-9-11-17(12-10-15)31-22(24)25/h4-12,14,19,22,29H,13H2,1-3H3,(H,26,30). The molecule has 3 rings (SSSR count). The summed E-state index contributed by atoms with van der Waals surface area (Å²) in [4.78, 5) is 12.9. The second kappa shape index (κ2) is 9.26. The lowest BCUT2D eigenvalue weighted by Crippen LogP contribution is -2.30. The summed E-state index contributed by atoms with van der Waals surface area (Å²) in [7, 11) is 0. The van der Waals surface area contributed by atoms with Crippen LogP contribution in [0.4, 0.5) is 8.78 Å². The zero-order valence-corrected chi connectivity index (χ0v) is 17.5. The second-order valence-electron chi connectivity index (χ2n) is 8.09. The highest BCUT2D eigenvalue weighted by Gasteiger charge is 2.27. The van der Waals surface area contributed by atoms with Gasteiger partial charge in [-0.25, -0.2) is 4.68 Å². The van der Waals surface area contributed by atoms with E-state index in [2.05, 4.69) is 15.2 Å². The molecule has 31 heavy (non-hydrogen) atoms. The summed E-state index contributed by atoms with van der Waals surface area (Å²) in [6.45, 7) is 2.95. The van der Waals surface area contributed by atoms with Gasteiger partial charge in [-0.1, -0.05) is 51.1 Å². The van der Waals surface area contributed by atoms with Gasteiger partial charge in [-0.15, -0.1) is 0 Å². The quantitative estimate of drug-likeness (QED) is 0.589. The summed E-state index contributed by atoms with van der Waals surface area (Å²) in [5.74, 6) is -0.359. The van der Waals surface area contributed by atoms with E-state index in [1.54, 1.807) is 10.9 Å². The third-order valence-electron chi connectivity index (χ3n) is 4.64. The molecule has 2 aromatic carbocycles. The minimum absolute atomic E-state index is 0.00173. The van der Waals surface area contributed by atoms with Crippen LogP contribution in [0.5, 0.6) is 5.75 Å². The van der Waals surface area contributed by atoms with E-state index in [0.717, 1.165) is 5.69 Å². The molecule has 0 saturated heterocycles. The number of amides is 1. The van der Waals surface area contributed by atoms with Crippen LogP contribution in [0.15, 0.2) is 60.8 Å². The number of carbonyl (C=O) groups excluding carboxylic acids is 1. The molecule has 0 radical (unpaired) electrons. The van der Waals surface area contributed by atoms with Crippen molar-refractivity contribution >= 4 is 5.91 Å². The zero-order chi connectivity index (χ0) is 22.6. The molecule has 0 bridgehead atoms. The maximum atomic E-state index is 12.9. The van der Waals surface area contributed by atoms with Gasteiger partial charge in [0.2, 0.25) is 0 Å². The molecule has 0 aliphatic rings. The van der Waals surface area contributed by atoms with Crippen molar-refractivity contribution in [1.29, 1.82) is 0 Å². The SMILES string of the molecule is CC(C)(C)c1nn(-c2ccccc2)cc1C(=O)NCC(O)c1ccc(OC(F)F)cc1. The fraction of sp³-hybridized carbons (Fsp3) is 0.304. The van der Waals surface area contributed by atoms with Crippen molar-refractivity contribution in [2.45, 2.75) is 38.9 Å². The van der Waals surface area contributed by atoms with Crippen molar-refractivity contribution in [2.24, 2.45) is 0 Å². The van der Waals surface area contributed by atoms with Crippen LogP contribution in [-0.4, -0.2) is 34.0 Å². The summed E-state index contributed by atoms with van der Waals surface area (Å²) in [5.41, 5.74) is 1.99. The lowest BCUT2D eigenvalue weighted by atomic mass is 9.89. The van der Waals surface area contributed by atoms with Crippen molar-refractivity contribution in [2.75, 3.05) is 6.54 Å². The van der Waals surface area contributed by atoms with Crippen LogP contribution in [0.3, 0.4) is 0 Å². The number of halogens is 2. The first-order valence-corrected chi connectivity index (χ1v) is 9.82. The first-order chi connectivity index (χ1) is 14.6. The first kappa shape index (κ1) is 22.4. The topological polar surface area (TPSA) is 76.4 Å². The van der Waals surface area contributed by atoms with E-state index in [-0.39, 0.29) is 23.6 Å². The fourth-order valence-corrected chi connectivity index (χ4v) is 3.08. The van der Waals surface area contributed by atoms with Gasteiger partial charge >= 0.3 is 6.61 Å². The van der Waals surface area contributed by atoms with E-state index in [4.69, 9.17) is 0 Å².